The van der Waals surface area contributed by atoms with Gasteiger partial charge in [-0.15, -0.1) is 0 Å². The number of benzene rings is 2. The molecule has 0 spiro atoms. The molecule has 0 radical (unpaired) electrons. The maximum Gasteiger partial charge on any atom is 0.215 e. The molecule has 1 atom stereocenters. The minimum Gasteiger partial charge on any atom is -0.492 e. The van der Waals surface area contributed by atoms with Crippen molar-refractivity contribution in [2.24, 2.45) is 0 Å². The van der Waals surface area contributed by atoms with Gasteiger partial charge in [0.1, 0.15) is 18.2 Å². The zero-order valence-electron chi connectivity index (χ0n) is 15.2. The summed E-state index contributed by atoms with van der Waals surface area (Å²) < 4.78 is 45.7. The highest BCUT2D eigenvalue weighted by Crippen LogP contribution is 2.24. The van der Waals surface area contributed by atoms with Gasteiger partial charge in [-0.1, -0.05) is 30.3 Å². The number of nitrogens with zero attached hydrogens (tertiary/aromatic N) is 1. The summed E-state index contributed by atoms with van der Waals surface area (Å²) in [5.74, 6) is -0.0531. The number of halogens is 1. The Labute approximate surface area is 160 Å². The number of ether oxygens (including phenoxy) is 1. The Bertz CT molecular complexity index is 807. The molecule has 2 aromatic carbocycles. The van der Waals surface area contributed by atoms with E-state index in [1.165, 1.54) is 24.3 Å². The van der Waals surface area contributed by atoms with Gasteiger partial charge in [-0.25, -0.2) is 17.5 Å². The van der Waals surface area contributed by atoms with Crippen LogP contribution in [0.5, 0.6) is 5.75 Å². The Kier molecular flexibility index (Phi) is 6.82. The summed E-state index contributed by atoms with van der Waals surface area (Å²) in [7, 11) is -3.47. The molecule has 0 bridgehead atoms. The maximum absolute atomic E-state index is 12.9. The van der Waals surface area contributed by atoms with Crippen molar-refractivity contribution in [3.63, 3.8) is 0 Å². The first-order valence-corrected chi connectivity index (χ1v) is 10.8. The van der Waals surface area contributed by atoms with E-state index in [0.29, 0.717) is 12.3 Å². The second-order valence-electron chi connectivity index (χ2n) is 6.64. The molecule has 1 heterocycles. The van der Waals surface area contributed by atoms with Crippen LogP contribution in [-0.2, 0) is 10.0 Å². The van der Waals surface area contributed by atoms with Gasteiger partial charge in [0.05, 0.1) is 5.75 Å². The fourth-order valence-electron chi connectivity index (χ4n) is 3.26. The summed E-state index contributed by atoms with van der Waals surface area (Å²) in [5.41, 5.74) is 1.12. The highest BCUT2D eigenvalue weighted by molar-refractivity contribution is 7.89. The van der Waals surface area contributed by atoms with Gasteiger partial charge in [0.2, 0.25) is 10.0 Å². The van der Waals surface area contributed by atoms with Crippen molar-refractivity contribution in [2.75, 3.05) is 32.0 Å². The minimum atomic E-state index is -3.47. The van der Waals surface area contributed by atoms with Crippen molar-refractivity contribution in [3.8, 4) is 5.75 Å². The SMILES string of the molecule is O=S(=O)(CCOc1ccc(F)cc1)NCC(c1ccccc1)N1CCCC1. The van der Waals surface area contributed by atoms with E-state index in [-0.39, 0.29) is 24.2 Å². The van der Waals surface area contributed by atoms with Gasteiger partial charge in [-0.2, -0.15) is 0 Å². The first kappa shape index (κ1) is 19.8. The third-order valence-corrected chi connectivity index (χ3v) is 6.01. The van der Waals surface area contributed by atoms with Crippen LogP contribution in [0.3, 0.4) is 0 Å². The average molecular weight is 392 g/mol. The zero-order chi connectivity index (χ0) is 19.1. The van der Waals surface area contributed by atoms with Gasteiger partial charge in [-0.05, 0) is 55.8 Å². The van der Waals surface area contributed by atoms with Gasteiger partial charge in [0.15, 0.2) is 0 Å². The summed E-state index contributed by atoms with van der Waals surface area (Å²) in [6, 6.07) is 15.5. The number of hydrogen-bond acceptors (Lipinski definition) is 4. The summed E-state index contributed by atoms with van der Waals surface area (Å²) in [4.78, 5) is 2.33. The molecule has 3 rings (SSSR count). The molecular formula is C20H25FN2O3S. The smallest absolute Gasteiger partial charge is 0.215 e. The van der Waals surface area contributed by atoms with Crippen molar-refractivity contribution in [2.45, 2.75) is 18.9 Å². The summed E-state index contributed by atoms with van der Waals surface area (Å²) in [6.45, 7) is 2.31. The molecule has 0 aliphatic carbocycles. The fraction of sp³-hybridized carbons (Fsp3) is 0.400. The Morgan fingerprint density at radius 3 is 2.37 bits per heavy atom. The van der Waals surface area contributed by atoms with E-state index in [9.17, 15) is 12.8 Å². The Morgan fingerprint density at radius 1 is 1.04 bits per heavy atom. The largest absolute Gasteiger partial charge is 0.492 e. The lowest BCUT2D eigenvalue weighted by Gasteiger charge is -2.28. The molecule has 0 amide bonds. The van der Waals surface area contributed by atoms with Crippen LogP contribution in [0.4, 0.5) is 4.39 Å². The van der Waals surface area contributed by atoms with Crippen molar-refractivity contribution in [1.29, 1.82) is 0 Å². The normalized spacial score (nSPS) is 16.3. The molecule has 0 aromatic heterocycles. The van der Waals surface area contributed by atoms with Crippen LogP contribution in [0, 0.1) is 5.82 Å². The molecule has 146 valence electrons. The molecule has 1 fully saturated rings. The summed E-state index contributed by atoms with van der Waals surface area (Å²) >= 11 is 0. The Balaban J connectivity index is 1.54. The van der Waals surface area contributed by atoms with Crippen LogP contribution in [0.15, 0.2) is 54.6 Å². The van der Waals surface area contributed by atoms with E-state index < -0.39 is 10.0 Å². The van der Waals surface area contributed by atoms with Crippen LogP contribution in [0.2, 0.25) is 0 Å². The van der Waals surface area contributed by atoms with E-state index in [4.69, 9.17) is 4.74 Å². The van der Waals surface area contributed by atoms with Gasteiger partial charge in [-0.3, -0.25) is 4.90 Å². The second-order valence-corrected chi connectivity index (χ2v) is 8.57. The number of nitrogens with one attached hydrogen (secondary N) is 1. The second kappa shape index (κ2) is 9.30. The first-order chi connectivity index (χ1) is 13.0. The van der Waals surface area contributed by atoms with Gasteiger partial charge >= 0.3 is 0 Å². The molecule has 0 saturated carbocycles. The minimum absolute atomic E-state index is 0.0146. The van der Waals surface area contributed by atoms with Crippen LogP contribution in [-0.4, -0.2) is 45.3 Å². The van der Waals surface area contributed by atoms with E-state index in [1.54, 1.807) is 0 Å². The number of rotatable bonds is 9. The van der Waals surface area contributed by atoms with Crippen LogP contribution >= 0.6 is 0 Å². The predicted octanol–water partition coefficient (Wildman–Crippen LogP) is 2.96. The Morgan fingerprint density at radius 2 is 1.70 bits per heavy atom. The molecular weight excluding hydrogens is 367 g/mol. The number of hydrogen-bond donors (Lipinski definition) is 1. The standard InChI is InChI=1S/C20H25FN2O3S/c21-18-8-10-19(11-9-18)26-14-15-27(24,25)22-16-20(23-12-4-5-13-23)17-6-2-1-3-7-17/h1-3,6-11,20,22H,4-5,12-16H2. The third-order valence-electron chi connectivity index (χ3n) is 4.70. The van der Waals surface area contributed by atoms with Crippen molar-refractivity contribution in [1.82, 2.24) is 9.62 Å². The van der Waals surface area contributed by atoms with E-state index in [0.717, 1.165) is 31.5 Å². The lowest BCUT2D eigenvalue weighted by atomic mass is 10.1. The topological polar surface area (TPSA) is 58.6 Å². The van der Waals surface area contributed by atoms with Gasteiger partial charge in [0, 0.05) is 12.6 Å². The monoisotopic (exact) mass is 392 g/mol. The van der Waals surface area contributed by atoms with Crippen molar-refractivity contribution in [3.05, 3.63) is 66.0 Å². The van der Waals surface area contributed by atoms with E-state index in [1.807, 2.05) is 30.3 Å². The van der Waals surface area contributed by atoms with Gasteiger partial charge < -0.3 is 4.74 Å². The predicted molar refractivity (Wildman–Crippen MR) is 104 cm³/mol. The first-order valence-electron chi connectivity index (χ1n) is 9.18. The van der Waals surface area contributed by atoms with Crippen LogP contribution < -0.4 is 9.46 Å². The number of likely N-dealkylation sites (tertiary alicyclic amines) is 1. The van der Waals surface area contributed by atoms with Crippen molar-refractivity contribution >= 4 is 10.0 Å². The van der Waals surface area contributed by atoms with E-state index >= 15 is 0 Å². The molecule has 1 unspecified atom stereocenters. The lowest BCUT2D eigenvalue weighted by Crippen LogP contribution is -2.38. The van der Waals surface area contributed by atoms with Crippen molar-refractivity contribution < 1.29 is 17.5 Å². The molecule has 1 saturated heterocycles. The quantitative estimate of drug-likeness (QED) is 0.713. The molecule has 1 N–H and O–H groups in total. The van der Waals surface area contributed by atoms with Crippen LogP contribution in [0.1, 0.15) is 24.4 Å². The molecule has 1 aliphatic rings. The summed E-state index contributed by atoms with van der Waals surface area (Å²) in [5, 5.41) is 0. The van der Waals surface area contributed by atoms with Crippen LogP contribution in [0.25, 0.3) is 0 Å². The molecule has 27 heavy (non-hydrogen) atoms. The molecule has 5 nitrogen and oxygen atoms in total. The average Bonchev–Trinajstić information content (AvgIpc) is 3.19. The third kappa shape index (κ3) is 6.02. The zero-order valence-corrected chi connectivity index (χ0v) is 16.0. The maximum atomic E-state index is 12.9. The molecule has 2 aromatic rings. The van der Waals surface area contributed by atoms with Gasteiger partial charge in [0.25, 0.3) is 0 Å². The fourth-order valence-corrected chi connectivity index (χ4v) is 4.12. The Hall–Kier alpha value is -1.96. The van der Waals surface area contributed by atoms with E-state index in [2.05, 4.69) is 9.62 Å². The molecule has 1 aliphatic heterocycles. The number of sulfonamides is 1. The highest BCUT2D eigenvalue weighted by Gasteiger charge is 2.25. The lowest BCUT2D eigenvalue weighted by molar-refractivity contribution is 0.246. The summed E-state index contributed by atoms with van der Waals surface area (Å²) in [6.07, 6.45) is 2.28. The molecule has 7 heteroatoms. The highest BCUT2D eigenvalue weighted by atomic mass is 32.2.